The quantitative estimate of drug-likeness (QED) is 0.374. The third-order valence-corrected chi connectivity index (χ3v) is 4.34. The fraction of sp³-hybridized carbons (Fsp3) is 0.692. The summed E-state index contributed by atoms with van der Waals surface area (Å²) in [7, 11) is 0. The van der Waals surface area contributed by atoms with E-state index in [9.17, 15) is 9.59 Å². The van der Waals surface area contributed by atoms with E-state index in [1.54, 1.807) is 23.5 Å². The fourth-order valence-corrected chi connectivity index (χ4v) is 3.21. The van der Waals surface area contributed by atoms with E-state index < -0.39 is 11.9 Å². The molecule has 0 aromatic heterocycles. The van der Waals surface area contributed by atoms with Crippen LogP contribution in [0.5, 0.6) is 0 Å². The zero-order valence-electron chi connectivity index (χ0n) is 11.6. The lowest BCUT2D eigenvalue weighted by atomic mass is 10.5. The summed E-state index contributed by atoms with van der Waals surface area (Å²) in [5.41, 5.74) is 0. The molecule has 20 heavy (non-hydrogen) atoms. The summed E-state index contributed by atoms with van der Waals surface area (Å²) < 4.78 is 0. The highest BCUT2D eigenvalue weighted by atomic mass is 32.2. The molecule has 0 aliphatic carbocycles. The monoisotopic (exact) mass is 321 g/mol. The van der Waals surface area contributed by atoms with Crippen LogP contribution in [-0.4, -0.2) is 69.7 Å². The Balaban J connectivity index is 3.62. The van der Waals surface area contributed by atoms with Crippen LogP contribution in [-0.2, 0) is 9.59 Å². The van der Waals surface area contributed by atoms with Crippen LogP contribution in [0.15, 0.2) is 12.7 Å². The Bertz CT molecular complexity index is 276. The first-order valence-corrected chi connectivity index (χ1v) is 8.79. The molecule has 0 amide bonds. The van der Waals surface area contributed by atoms with Crippen LogP contribution in [0.3, 0.4) is 0 Å². The highest BCUT2D eigenvalue weighted by molar-refractivity contribution is 7.99. The molecule has 0 saturated carbocycles. The molecular formula is C13H23NO4S2. The van der Waals surface area contributed by atoms with Gasteiger partial charge >= 0.3 is 11.9 Å². The molecule has 116 valence electrons. The van der Waals surface area contributed by atoms with Crippen molar-refractivity contribution in [2.45, 2.75) is 12.8 Å². The summed E-state index contributed by atoms with van der Waals surface area (Å²) in [6.07, 6.45) is 2.26. The number of hydrogen-bond donors (Lipinski definition) is 2. The van der Waals surface area contributed by atoms with Gasteiger partial charge < -0.3 is 10.2 Å². The predicted molar refractivity (Wildman–Crippen MR) is 85.8 cm³/mol. The zero-order chi connectivity index (χ0) is 15.2. The van der Waals surface area contributed by atoms with Crippen LogP contribution in [0, 0.1) is 0 Å². The van der Waals surface area contributed by atoms with Crippen LogP contribution < -0.4 is 0 Å². The average molecular weight is 321 g/mol. The number of hydrogen-bond acceptors (Lipinski definition) is 5. The number of carboxylic acids is 2. The number of thioether (sulfide) groups is 2. The van der Waals surface area contributed by atoms with Gasteiger partial charge in [-0.15, -0.1) is 6.58 Å². The number of rotatable bonds is 14. The summed E-state index contributed by atoms with van der Waals surface area (Å²) >= 11 is 3.28. The highest BCUT2D eigenvalue weighted by Crippen LogP contribution is 2.06. The highest BCUT2D eigenvalue weighted by Gasteiger charge is 2.04. The Morgan fingerprint density at radius 1 is 0.950 bits per heavy atom. The molecule has 0 rings (SSSR count). The van der Waals surface area contributed by atoms with E-state index in [0.717, 1.165) is 31.1 Å². The molecular weight excluding hydrogens is 298 g/mol. The molecule has 0 aliphatic heterocycles. The number of aliphatic carboxylic acids is 2. The van der Waals surface area contributed by atoms with Crippen molar-refractivity contribution in [3.63, 3.8) is 0 Å². The van der Waals surface area contributed by atoms with Gasteiger partial charge in [-0.05, 0) is 0 Å². The van der Waals surface area contributed by atoms with Crippen LogP contribution >= 0.6 is 23.5 Å². The van der Waals surface area contributed by atoms with Crippen molar-refractivity contribution in [3.8, 4) is 0 Å². The molecule has 0 radical (unpaired) electrons. The molecule has 2 N–H and O–H groups in total. The molecule has 0 saturated heterocycles. The standard InChI is InChI=1S/C13H23NO4S2/c1-2-5-14(6-10-19-8-3-12(15)16)7-11-20-9-4-13(17)18/h2H,1,3-11H2,(H,15,16)(H,17,18). The van der Waals surface area contributed by atoms with Gasteiger partial charge in [0.2, 0.25) is 0 Å². The first-order valence-electron chi connectivity index (χ1n) is 6.48. The average Bonchev–Trinajstić information content (AvgIpc) is 2.37. The van der Waals surface area contributed by atoms with E-state index in [-0.39, 0.29) is 12.8 Å². The maximum Gasteiger partial charge on any atom is 0.304 e. The third kappa shape index (κ3) is 13.8. The normalized spacial score (nSPS) is 10.7. The number of nitrogens with zero attached hydrogens (tertiary/aromatic N) is 1. The minimum atomic E-state index is -0.754. The van der Waals surface area contributed by atoms with Crippen molar-refractivity contribution >= 4 is 35.5 Å². The van der Waals surface area contributed by atoms with E-state index >= 15 is 0 Å². The second kappa shape index (κ2) is 13.3. The van der Waals surface area contributed by atoms with Gasteiger partial charge in [-0.1, -0.05) is 6.08 Å². The number of carbonyl (C=O) groups is 2. The SMILES string of the molecule is C=CCN(CCSCCC(=O)O)CCSCCC(=O)O. The van der Waals surface area contributed by atoms with Crippen molar-refractivity contribution in [1.82, 2.24) is 4.90 Å². The van der Waals surface area contributed by atoms with Gasteiger partial charge in [0.15, 0.2) is 0 Å². The Hall–Kier alpha value is -0.660. The largest absolute Gasteiger partial charge is 0.481 e. The van der Waals surface area contributed by atoms with Crippen molar-refractivity contribution in [3.05, 3.63) is 12.7 Å². The molecule has 7 heteroatoms. The first-order chi connectivity index (χ1) is 9.56. The molecule has 5 nitrogen and oxygen atoms in total. The fourth-order valence-electron chi connectivity index (χ4n) is 1.39. The van der Waals surface area contributed by atoms with Crippen molar-refractivity contribution < 1.29 is 19.8 Å². The van der Waals surface area contributed by atoms with Gasteiger partial charge in [-0.25, -0.2) is 0 Å². The van der Waals surface area contributed by atoms with Gasteiger partial charge in [0, 0.05) is 42.6 Å². The predicted octanol–water partition coefficient (Wildman–Crippen LogP) is 1.89. The molecule has 0 heterocycles. The summed E-state index contributed by atoms with van der Waals surface area (Å²) in [6, 6.07) is 0. The van der Waals surface area contributed by atoms with Crippen LogP contribution in [0.1, 0.15) is 12.8 Å². The molecule has 0 aromatic rings. The number of carboxylic acid groups (broad SMARTS) is 2. The Morgan fingerprint density at radius 3 is 1.75 bits per heavy atom. The van der Waals surface area contributed by atoms with Gasteiger partial charge in [-0.3, -0.25) is 14.5 Å². The zero-order valence-corrected chi connectivity index (χ0v) is 13.3. The molecule has 0 aromatic carbocycles. The smallest absolute Gasteiger partial charge is 0.304 e. The summed E-state index contributed by atoms with van der Waals surface area (Å²) in [5.74, 6) is 1.59. The van der Waals surface area contributed by atoms with Crippen LogP contribution in [0.4, 0.5) is 0 Å². The van der Waals surface area contributed by atoms with Crippen molar-refractivity contribution in [1.29, 1.82) is 0 Å². The maximum absolute atomic E-state index is 10.4. The lowest BCUT2D eigenvalue weighted by Gasteiger charge is -2.20. The van der Waals surface area contributed by atoms with Gasteiger partial charge in [-0.2, -0.15) is 23.5 Å². The van der Waals surface area contributed by atoms with Gasteiger partial charge in [0.05, 0.1) is 12.8 Å². The van der Waals surface area contributed by atoms with Gasteiger partial charge in [0.1, 0.15) is 0 Å². The summed E-state index contributed by atoms with van der Waals surface area (Å²) in [4.78, 5) is 23.0. The Kier molecular flexibility index (Phi) is 12.9. The first kappa shape index (κ1) is 19.3. The molecule has 0 atom stereocenters. The lowest BCUT2D eigenvalue weighted by molar-refractivity contribution is -0.137. The maximum atomic E-state index is 10.4. The molecule has 0 fully saturated rings. The Morgan fingerprint density at radius 2 is 1.40 bits per heavy atom. The molecule has 0 unspecified atom stereocenters. The minimum absolute atomic E-state index is 0.206. The molecule has 0 spiro atoms. The van der Waals surface area contributed by atoms with E-state index in [1.807, 2.05) is 6.08 Å². The summed E-state index contributed by atoms with van der Waals surface area (Å²) in [6.45, 7) is 6.33. The third-order valence-electron chi connectivity index (χ3n) is 2.41. The Labute approximate surface area is 128 Å². The minimum Gasteiger partial charge on any atom is -0.481 e. The van der Waals surface area contributed by atoms with E-state index in [0.29, 0.717) is 11.5 Å². The van der Waals surface area contributed by atoms with E-state index in [2.05, 4.69) is 11.5 Å². The summed E-state index contributed by atoms with van der Waals surface area (Å²) in [5, 5.41) is 17.1. The van der Waals surface area contributed by atoms with Crippen molar-refractivity contribution in [2.75, 3.05) is 42.6 Å². The van der Waals surface area contributed by atoms with Crippen LogP contribution in [0.2, 0.25) is 0 Å². The van der Waals surface area contributed by atoms with Crippen molar-refractivity contribution in [2.24, 2.45) is 0 Å². The van der Waals surface area contributed by atoms with E-state index in [1.165, 1.54) is 0 Å². The second-order valence-electron chi connectivity index (χ2n) is 4.10. The van der Waals surface area contributed by atoms with Gasteiger partial charge in [0.25, 0.3) is 0 Å². The van der Waals surface area contributed by atoms with E-state index in [4.69, 9.17) is 10.2 Å². The molecule has 0 aliphatic rings. The molecule has 0 bridgehead atoms. The second-order valence-corrected chi connectivity index (χ2v) is 6.55. The topological polar surface area (TPSA) is 77.8 Å². The van der Waals surface area contributed by atoms with Crippen LogP contribution in [0.25, 0.3) is 0 Å². The lowest BCUT2D eigenvalue weighted by Crippen LogP contribution is -2.29.